The monoisotopic (exact) mass is 305 g/mol. The molecule has 1 aliphatic carbocycles. The normalized spacial score (nSPS) is 25.2. The molecule has 1 fully saturated rings. The highest BCUT2D eigenvalue weighted by atomic mass is 16.5. The highest BCUT2D eigenvalue weighted by molar-refractivity contribution is 6.00. The molecule has 0 saturated carbocycles. The summed E-state index contributed by atoms with van der Waals surface area (Å²) >= 11 is 0. The van der Waals surface area contributed by atoms with Crippen LogP contribution in [0, 0.1) is 0 Å². The van der Waals surface area contributed by atoms with E-state index in [1.54, 1.807) is 0 Å². The summed E-state index contributed by atoms with van der Waals surface area (Å²) in [6.45, 7) is 1.46. The second-order valence-electron chi connectivity index (χ2n) is 6.65. The number of rotatable bonds is 1. The molecule has 3 aliphatic rings. The molecule has 2 aliphatic heterocycles. The minimum Gasteiger partial charge on any atom is -0.347 e. The van der Waals surface area contributed by atoms with Gasteiger partial charge in [-0.15, -0.1) is 0 Å². The number of fused-ring (bicyclic) bond motifs is 4. The van der Waals surface area contributed by atoms with E-state index in [1.807, 2.05) is 23.1 Å². The van der Waals surface area contributed by atoms with Crippen LogP contribution < -0.4 is 0 Å². The van der Waals surface area contributed by atoms with Crippen LogP contribution in [0.4, 0.5) is 0 Å². The van der Waals surface area contributed by atoms with Crippen molar-refractivity contribution in [3.63, 3.8) is 0 Å². The van der Waals surface area contributed by atoms with Crippen LogP contribution in [0.25, 0.3) is 0 Å². The Kier molecular flexibility index (Phi) is 2.71. The molecule has 0 bridgehead atoms. The molecule has 1 atom stereocenters. The van der Waals surface area contributed by atoms with Crippen LogP contribution in [0.1, 0.15) is 45.5 Å². The van der Waals surface area contributed by atoms with Gasteiger partial charge in [0.05, 0.1) is 6.61 Å². The first-order valence-electron chi connectivity index (χ1n) is 8.49. The van der Waals surface area contributed by atoms with Crippen molar-refractivity contribution in [2.24, 2.45) is 0 Å². The second-order valence-corrected chi connectivity index (χ2v) is 6.65. The number of amides is 1. The Morgan fingerprint density at radius 3 is 2.78 bits per heavy atom. The first-order chi connectivity index (χ1) is 11.3. The minimum atomic E-state index is -0.707. The van der Waals surface area contributed by atoms with Gasteiger partial charge in [0.1, 0.15) is 0 Å². The van der Waals surface area contributed by atoms with Gasteiger partial charge in [-0.25, -0.2) is 0 Å². The van der Waals surface area contributed by atoms with Crippen LogP contribution in [-0.4, -0.2) is 24.0 Å². The van der Waals surface area contributed by atoms with E-state index in [1.165, 1.54) is 23.1 Å². The molecule has 0 spiro atoms. The minimum absolute atomic E-state index is 0.107. The van der Waals surface area contributed by atoms with Crippen molar-refractivity contribution in [3.05, 3.63) is 70.3 Å². The average Bonchev–Trinajstić information content (AvgIpc) is 3.18. The predicted molar refractivity (Wildman–Crippen MR) is 87.3 cm³/mol. The van der Waals surface area contributed by atoms with Crippen LogP contribution in [0.3, 0.4) is 0 Å². The van der Waals surface area contributed by atoms with Gasteiger partial charge in [0.15, 0.2) is 5.72 Å². The lowest BCUT2D eigenvalue weighted by atomic mass is 9.88. The number of hydrogen-bond acceptors (Lipinski definition) is 2. The van der Waals surface area contributed by atoms with Gasteiger partial charge in [-0.1, -0.05) is 36.4 Å². The zero-order chi connectivity index (χ0) is 15.4. The fourth-order valence-electron chi connectivity index (χ4n) is 4.56. The maximum Gasteiger partial charge on any atom is 0.257 e. The molecule has 1 saturated heterocycles. The molecule has 3 nitrogen and oxygen atoms in total. The molecule has 2 heterocycles. The van der Waals surface area contributed by atoms with Gasteiger partial charge in [-0.05, 0) is 42.9 Å². The molecule has 0 N–H and O–H groups in total. The van der Waals surface area contributed by atoms with Gasteiger partial charge in [-0.3, -0.25) is 4.79 Å². The van der Waals surface area contributed by atoms with Crippen molar-refractivity contribution in [1.82, 2.24) is 4.90 Å². The first kappa shape index (κ1) is 13.3. The van der Waals surface area contributed by atoms with Gasteiger partial charge in [0.2, 0.25) is 0 Å². The molecule has 1 unspecified atom stereocenters. The second kappa shape index (κ2) is 4.68. The predicted octanol–water partition coefficient (Wildman–Crippen LogP) is 3.25. The topological polar surface area (TPSA) is 29.5 Å². The average molecular weight is 305 g/mol. The Bertz CT molecular complexity index is 813. The van der Waals surface area contributed by atoms with Crippen LogP contribution >= 0.6 is 0 Å². The van der Waals surface area contributed by atoms with E-state index in [0.29, 0.717) is 6.61 Å². The maximum absolute atomic E-state index is 13.0. The summed E-state index contributed by atoms with van der Waals surface area (Å²) in [6, 6.07) is 14.5. The molecule has 3 heteroatoms. The molecule has 5 rings (SSSR count). The van der Waals surface area contributed by atoms with Crippen molar-refractivity contribution in [2.45, 2.75) is 31.4 Å². The van der Waals surface area contributed by atoms with Crippen LogP contribution in [0.2, 0.25) is 0 Å². The van der Waals surface area contributed by atoms with Crippen molar-refractivity contribution < 1.29 is 9.53 Å². The molecule has 2 aromatic rings. The van der Waals surface area contributed by atoms with E-state index in [2.05, 4.69) is 24.3 Å². The van der Waals surface area contributed by atoms with E-state index in [4.69, 9.17) is 4.74 Å². The Labute approximate surface area is 135 Å². The van der Waals surface area contributed by atoms with Crippen molar-refractivity contribution in [1.29, 1.82) is 0 Å². The van der Waals surface area contributed by atoms with E-state index in [0.717, 1.165) is 36.9 Å². The number of carbonyl (C=O) groups excluding carboxylic acids is 1. The quantitative estimate of drug-likeness (QED) is 0.809. The molecule has 116 valence electrons. The summed E-state index contributed by atoms with van der Waals surface area (Å²) in [5.41, 5.74) is 5.11. The Hall–Kier alpha value is -2.13. The van der Waals surface area contributed by atoms with E-state index in [9.17, 15) is 4.79 Å². The van der Waals surface area contributed by atoms with Gasteiger partial charge in [-0.2, -0.15) is 0 Å². The molecule has 0 radical (unpaired) electrons. The summed E-state index contributed by atoms with van der Waals surface area (Å²) < 4.78 is 6.40. The van der Waals surface area contributed by atoms with Gasteiger partial charge in [0.25, 0.3) is 5.91 Å². The van der Waals surface area contributed by atoms with Gasteiger partial charge in [0, 0.05) is 23.2 Å². The number of benzene rings is 2. The van der Waals surface area contributed by atoms with E-state index in [-0.39, 0.29) is 5.91 Å². The molecule has 0 aromatic heterocycles. The maximum atomic E-state index is 13.0. The lowest BCUT2D eigenvalue weighted by Crippen LogP contribution is -2.51. The summed E-state index contributed by atoms with van der Waals surface area (Å²) in [5, 5.41) is 0. The zero-order valence-corrected chi connectivity index (χ0v) is 13.0. The van der Waals surface area contributed by atoms with Crippen molar-refractivity contribution >= 4 is 5.91 Å². The number of hydrogen-bond donors (Lipinski definition) is 0. The standard InChI is InChI=1S/C20H19NO2/c22-19-16-8-1-2-10-18(16)20(21(19)12-5-13-23-20)17-11-4-7-14-6-3-9-15(14)17/h1-2,4,7-8,10-11H,3,5-6,9,12-13H2. The molecule has 23 heavy (non-hydrogen) atoms. The fourth-order valence-corrected chi connectivity index (χ4v) is 4.56. The molecular formula is C20H19NO2. The molecule has 2 aromatic carbocycles. The number of ether oxygens (including phenoxy) is 1. The summed E-state index contributed by atoms with van der Waals surface area (Å²) in [5.74, 6) is 0.107. The SMILES string of the molecule is O=C1c2ccccc2C2(c3cccc4c3CCC4)OCCCN12. The Morgan fingerprint density at radius 2 is 1.83 bits per heavy atom. The third-order valence-electron chi connectivity index (χ3n) is 5.50. The third-order valence-corrected chi connectivity index (χ3v) is 5.50. The first-order valence-corrected chi connectivity index (χ1v) is 8.49. The van der Waals surface area contributed by atoms with Crippen LogP contribution in [-0.2, 0) is 23.3 Å². The van der Waals surface area contributed by atoms with Gasteiger partial charge >= 0.3 is 0 Å². The van der Waals surface area contributed by atoms with Crippen LogP contribution in [0.5, 0.6) is 0 Å². The Morgan fingerprint density at radius 1 is 0.957 bits per heavy atom. The van der Waals surface area contributed by atoms with Crippen molar-refractivity contribution in [3.8, 4) is 0 Å². The third kappa shape index (κ3) is 1.61. The van der Waals surface area contributed by atoms with E-state index < -0.39 is 5.72 Å². The van der Waals surface area contributed by atoms with Crippen molar-refractivity contribution in [2.75, 3.05) is 13.2 Å². The van der Waals surface area contributed by atoms with E-state index >= 15 is 0 Å². The summed E-state index contributed by atoms with van der Waals surface area (Å²) in [4.78, 5) is 14.9. The number of nitrogens with zero attached hydrogens (tertiary/aromatic N) is 1. The van der Waals surface area contributed by atoms with Gasteiger partial charge < -0.3 is 9.64 Å². The Balaban J connectivity index is 1.82. The molecule has 1 amide bonds. The fraction of sp³-hybridized carbons (Fsp3) is 0.350. The summed E-state index contributed by atoms with van der Waals surface area (Å²) in [7, 11) is 0. The molecular weight excluding hydrogens is 286 g/mol. The largest absolute Gasteiger partial charge is 0.347 e. The lowest BCUT2D eigenvalue weighted by molar-refractivity contribution is -0.137. The lowest BCUT2D eigenvalue weighted by Gasteiger charge is -2.43. The smallest absolute Gasteiger partial charge is 0.257 e. The highest BCUT2D eigenvalue weighted by Crippen LogP contribution is 2.49. The number of aryl methyl sites for hydroxylation is 1. The highest BCUT2D eigenvalue weighted by Gasteiger charge is 2.54. The number of carbonyl (C=O) groups is 1. The zero-order valence-electron chi connectivity index (χ0n) is 13.0. The van der Waals surface area contributed by atoms with Crippen LogP contribution in [0.15, 0.2) is 42.5 Å². The summed E-state index contributed by atoms with van der Waals surface area (Å²) in [6.07, 6.45) is 4.31.